The third kappa shape index (κ3) is 3.10. The number of primary sulfonamides is 1. The Balaban J connectivity index is 1.82. The summed E-state index contributed by atoms with van der Waals surface area (Å²) in [5.41, 5.74) is 0.733. The fourth-order valence-corrected chi connectivity index (χ4v) is 2.28. The van der Waals surface area contributed by atoms with Crippen LogP contribution in [-0.4, -0.2) is 29.5 Å². The van der Waals surface area contributed by atoms with Crippen LogP contribution in [0.4, 0.5) is 0 Å². The molecule has 0 bridgehead atoms. The molecule has 2 N–H and O–H groups in total. The largest absolute Gasteiger partial charge is 0.455 e. The molecule has 0 aliphatic heterocycles. The molecule has 0 atom stereocenters. The molecule has 2 aromatic heterocycles. The van der Waals surface area contributed by atoms with Crippen LogP contribution in [0.25, 0.3) is 11.3 Å². The van der Waals surface area contributed by atoms with Gasteiger partial charge in [-0.25, -0.2) is 18.2 Å². The zero-order chi connectivity index (χ0) is 15.6. The number of hydrogen-bond acceptors (Lipinski definition) is 6. The highest BCUT2D eigenvalue weighted by molar-refractivity contribution is 7.89. The smallest absolute Gasteiger partial charge is 0.238 e. The van der Waals surface area contributed by atoms with E-state index < -0.39 is 10.0 Å². The van der Waals surface area contributed by atoms with Crippen molar-refractivity contribution in [1.29, 1.82) is 0 Å². The molecule has 3 rings (SSSR count). The molecule has 0 saturated heterocycles. The van der Waals surface area contributed by atoms with Crippen molar-refractivity contribution in [2.75, 3.05) is 0 Å². The lowest BCUT2D eigenvalue weighted by Crippen LogP contribution is -2.11. The highest BCUT2D eigenvalue weighted by Gasteiger charge is 2.09. The molecule has 0 unspecified atom stereocenters. The van der Waals surface area contributed by atoms with Crippen LogP contribution in [-0.2, 0) is 10.0 Å². The van der Waals surface area contributed by atoms with E-state index in [0.29, 0.717) is 11.5 Å². The number of rotatable bonds is 4. The van der Waals surface area contributed by atoms with Gasteiger partial charge in [0.15, 0.2) is 0 Å². The Bertz CT molecular complexity index is 896. The number of sulfonamides is 1. The van der Waals surface area contributed by atoms with E-state index in [1.54, 1.807) is 24.3 Å². The summed E-state index contributed by atoms with van der Waals surface area (Å²) in [4.78, 5) is 0.0530. The van der Waals surface area contributed by atoms with Crippen LogP contribution in [0, 0.1) is 0 Å². The monoisotopic (exact) mass is 317 g/mol. The molecule has 0 radical (unpaired) electrons. The van der Waals surface area contributed by atoms with E-state index in [4.69, 9.17) is 9.56 Å². The summed E-state index contributed by atoms with van der Waals surface area (Å²) in [7, 11) is -3.70. The predicted molar refractivity (Wildman–Crippen MR) is 78.5 cm³/mol. The van der Waals surface area contributed by atoms with Gasteiger partial charge in [-0.2, -0.15) is 5.10 Å². The fraction of sp³-hybridized carbons (Fsp3) is 0. The Morgan fingerprint density at radius 2 is 1.77 bits per heavy atom. The first kappa shape index (κ1) is 14.2. The molecule has 0 amide bonds. The second-order valence-electron chi connectivity index (χ2n) is 4.36. The third-order valence-electron chi connectivity index (χ3n) is 2.82. The second-order valence-corrected chi connectivity index (χ2v) is 5.92. The number of hydrogen-bond donors (Lipinski definition) is 1. The minimum Gasteiger partial charge on any atom is -0.455 e. The first-order valence-electron chi connectivity index (χ1n) is 6.14. The normalized spacial score (nSPS) is 12.0. The molecule has 0 fully saturated rings. The van der Waals surface area contributed by atoms with Crippen LogP contribution >= 0.6 is 0 Å². The molecule has 2 heterocycles. The Kier molecular flexibility index (Phi) is 3.57. The number of aromatic nitrogens is 3. The van der Waals surface area contributed by atoms with Gasteiger partial charge in [-0.1, -0.05) is 0 Å². The molecular weight excluding hydrogens is 306 g/mol. The third-order valence-corrected chi connectivity index (χ3v) is 3.75. The van der Waals surface area contributed by atoms with Crippen molar-refractivity contribution in [3.05, 3.63) is 54.8 Å². The van der Waals surface area contributed by atoms with Crippen molar-refractivity contribution in [3.63, 3.8) is 0 Å². The van der Waals surface area contributed by atoms with Crippen molar-refractivity contribution < 1.29 is 12.8 Å². The van der Waals surface area contributed by atoms with Crippen molar-refractivity contribution in [2.45, 2.75) is 4.90 Å². The molecule has 112 valence electrons. The van der Waals surface area contributed by atoms with Crippen molar-refractivity contribution >= 4 is 16.2 Å². The topological polar surface area (TPSA) is 116 Å². The fourth-order valence-electron chi connectivity index (χ4n) is 1.76. The Labute approximate surface area is 125 Å². The maximum Gasteiger partial charge on any atom is 0.238 e. The minimum absolute atomic E-state index is 0.0530. The zero-order valence-corrected chi connectivity index (χ0v) is 12.0. The average Bonchev–Trinajstić information content (AvgIpc) is 3.16. The van der Waals surface area contributed by atoms with Crippen molar-refractivity contribution in [1.82, 2.24) is 14.9 Å². The van der Waals surface area contributed by atoms with Crippen LogP contribution in [0.5, 0.6) is 0 Å². The van der Waals surface area contributed by atoms with E-state index in [1.807, 2.05) is 0 Å². The highest BCUT2D eigenvalue weighted by Crippen LogP contribution is 2.22. The number of nitrogens with zero attached hydrogens (tertiary/aromatic N) is 4. The summed E-state index contributed by atoms with van der Waals surface area (Å²) in [6.07, 6.45) is 4.42. The van der Waals surface area contributed by atoms with Crippen molar-refractivity contribution in [2.24, 2.45) is 10.2 Å². The van der Waals surface area contributed by atoms with Gasteiger partial charge in [0, 0.05) is 5.56 Å². The van der Waals surface area contributed by atoms with E-state index in [9.17, 15) is 8.42 Å². The lowest BCUT2D eigenvalue weighted by molar-refractivity contribution is 0.574. The van der Waals surface area contributed by atoms with Gasteiger partial charge in [-0.05, 0) is 36.4 Å². The van der Waals surface area contributed by atoms with Crippen LogP contribution in [0.2, 0.25) is 0 Å². The van der Waals surface area contributed by atoms with Crippen LogP contribution in [0.15, 0.2) is 63.5 Å². The molecule has 0 aliphatic rings. The number of nitrogens with two attached hydrogens (primary N) is 1. The van der Waals surface area contributed by atoms with Gasteiger partial charge in [0.1, 0.15) is 24.2 Å². The molecule has 0 saturated carbocycles. The van der Waals surface area contributed by atoms with Crippen molar-refractivity contribution in [3.8, 4) is 11.3 Å². The summed E-state index contributed by atoms with van der Waals surface area (Å²) >= 11 is 0. The quantitative estimate of drug-likeness (QED) is 0.722. The first-order chi connectivity index (χ1) is 10.5. The molecule has 22 heavy (non-hydrogen) atoms. The van der Waals surface area contributed by atoms with Gasteiger partial charge in [0.25, 0.3) is 0 Å². The van der Waals surface area contributed by atoms with Gasteiger partial charge in [-0.3, -0.25) is 0 Å². The zero-order valence-electron chi connectivity index (χ0n) is 11.2. The van der Waals surface area contributed by atoms with Gasteiger partial charge in [0.05, 0.1) is 11.1 Å². The highest BCUT2D eigenvalue weighted by atomic mass is 32.2. The maximum absolute atomic E-state index is 11.2. The molecule has 0 aliphatic carbocycles. The van der Waals surface area contributed by atoms with E-state index in [0.717, 1.165) is 5.56 Å². The van der Waals surface area contributed by atoms with E-state index in [1.165, 1.54) is 35.7 Å². The second kappa shape index (κ2) is 5.54. The molecule has 1 aromatic carbocycles. The lowest BCUT2D eigenvalue weighted by atomic mass is 10.2. The van der Waals surface area contributed by atoms with Crippen LogP contribution in [0.1, 0.15) is 5.76 Å². The Morgan fingerprint density at radius 1 is 1.09 bits per heavy atom. The summed E-state index contributed by atoms with van der Waals surface area (Å²) in [5.74, 6) is 1.13. The number of benzene rings is 1. The predicted octanol–water partition coefficient (Wildman–Crippen LogP) is 1.07. The summed E-state index contributed by atoms with van der Waals surface area (Å²) in [6.45, 7) is 0. The van der Waals surface area contributed by atoms with E-state index in [-0.39, 0.29) is 4.90 Å². The SMILES string of the molecule is NS(=O)(=O)c1ccc(-c2ccc(/C=N\n3cnnc3)o2)cc1. The molecule has 3 aromatic rings. The van der Waals surface area contributed by atoms with E-state index in [2.05, 4.69) is 15.3 Å². The van der Waals surface area contributed by atoms with Crippen LogP contribution < -0.4 is 5.14 Å². The van der Waals surface area contributed by atoms with Gasteiger partial charge < -0.3 is 4.42 Å². The molecule has 8 nitrogen and oxygen atoms in total. The maximum atomic E-state index is 11.2. The molecule has 9 heteroatoms. The average molecular weight is 317 g/mol. The summed E-state index contributed by atoms with van der Waals surface area (Å²) in [5, 5.41) is 16.4. The lowest BCUT2D eigenvalue weighted by Gasteiger charge is -2.00. The summed E-state index contributed by atoms with van der Waals surface area (Å²) < 4.78 is 29.5. The van der Waals surface area contributed by atoms with Crippen LogP contribution in [0.3, 0.4) is 0 Å². The van der Waals surface area contributed by atoms with Gasteiger partial charge in [-0.15, -0.1) is 10.2 Å². The minimum atomic E-state index is -3.70. The summed E-state index contributed by atoms with van der Waals surface area (Å²) in [6, 6.07) is 9.62. The Hall–Kier alpha value is -2.78. The number of furan rings is 1. The van der Waals surface area contributed by atoms with Gasteiger partial charge in [0.2, 0.25) is 10.0 Å². The standard InChI is InChI=1S/C13H11N5O3S/c14-22(19,20)12-4-1-10(2-5-12)13-6-3-11(21-13)7-17-18-8-15-16-9-18/h1-9H,(H2,14,19,20)/b17-7-. The van der Waals surface area contributed by atoms with E-state index >= 15 is 0 Å². The molecule has 0 spiro atoms. The first-order valence-corrected chi connectivity index (χ1v) is 7.69. The Morgan fingerprint density at radius 3 is 2.41 bits per heavy atom. The molecular formula is C13H11N5O3S. The van der Waals surface area contributed by atoms with Gasteiger partial charge >= 0.3 is 0 Å².